The number of benzene rings is 2. The van der Waals surface area contributed by atoms with Gasteiger partial charge < -0.3 is 9.30 Å². The number of methoxy groups -OCH3 is 1. The van der Waals surface area contributed by atoms with Crippen LogP contribution >= 0.6 is 34.7 Å². The van der Waals surface area contributed by atoms with E-state index in [0.29, 0.717) is 5.02 Å². The van der Waals surface area contributed by atoms with Crippen molar-refractivity contribution in [1.29, 1.82) is 0 Å². The van der Waals surface area contributed by atoms with Crippen LogP contribution < -0.4 is 4.74 Å². The molecule has 4 aromatic rings. The van der Waals surface area contributed by atoms with Crippen LogP contribution in [0.1, 0.15) is 5.56 Å². The maximum atomic E-state index is 6.63. The van der Waals surface area contributed by atoms with Gasteiger partial charge in [0.15, 0.2) is 11.0 Å². The number of halogens is 1. The Bertz CT molecular complexity index is 1080. The predicted molar refractivity (Wildman–Crippen MR) is 114 cm³/mol. The summed E-state index contributed by atoms with van der Waals surface area (Å²) in [5.41, 5.74) is 1.33. The van der Waals surface area contributed by atoms with Gasteiger partial charge in [0.1, 0.15) is 5.75 Å². The molecule has 0 atom stereocenters. The number of hydrogen-bond acceptors (Lipinski definition) is 5. The highest BCUT2D eigenvalue weighted by atomic mass is 35.5. The molecule has 2 aromatic heterocycles. The highest BCUT2D eigenvalue weighted by molar-refractivity contribution is 7.99. The molecule has 4 nitrogen and oxygen atoms in total. The number of aromatic nitrogens is 3. The Kier molecular flexibility index (Phi) is 5.38. The summed E-state index contributed by atoms with van der Waals surface area (Å²) in [5.74, 6) is 2.57. The smallest absolute Gasteiger partial charge is 0.191 e. The van der Waals surface area contributed by atoms with Crippen LogP contribution in [0.2, 0.25) is 5.02 Å². The largest absolute Gasteiger partial charge is 0.497 e. The van der Waals surface area contributed by atoms with Crippen LogP contribution in [0.15, 0.2) is 53.7 Å². The lowest BCUT2D eigenvalue weighted by Gasteiger charge is -2.03. The van der Waals surface area contributed by atoms with Gasteiger partial charge in [-0.05, 0) is 30.2 Å². The molecular weight excluding hydrogens is 398 g/mol. The quantitative estimate of drug-likeness (QED) is 0.379. The van der Waals surface area contributed by atoms with Crippen LogP contribution in [0.4, 0.5) is 0 Å². The van der Waals surface area contributed by atoms with Crippen LogP contribution in [-0.2, 0) is 13.5 Å². The summed E-state index contributed by atoms with van der Waals surface area (Å²) in [6.07, 6.45) is 0.997. The molecule has 0 N–H and O–H groups in total. The number of hydrogen-bond donors (Lipinski definition) is 0. The second kappa shape index (κ2) is 7.92. The van der Waals surface area contributed by atoms with Crippen LogP contribution in [0, 0.1) is 0 Å². The lowest BCUT2D eigenvalue weighted by atomic mass is 10.2. The number of ether oxygens (including phenoxy) is 1. The minimum atomic E-state index is 0.717. The Labute approximate surface area is 171 Å². The summed E-state index contributed by atoms with van der Waals surface area (Å²) in [7, 11) is 3.65. The topological polar surface area (TPSA) is 39.9 Å². The van der Waals surface area contributed by atoms with Crippen molar-refractivity contribution in [1.82, 2.24) is 14.8 Å². The van der Waals surface area contributed by atoms with E-state index >= 15 is 0 Å². The average molecular weight is 416 g/mol. The molecule has 0 amide bonds. The van der Waals surface area contributed by atoms with E-state index in [4.69, 9.17) is 16.3 Å². The third-order valence-corrected chi connectivity index (χ3v) is 7.01. The maximum Gasteiger partial charge on any atom is 0.191 e. The molecule has 0 radical (unpaired) electrons. The van der Waals surface area contributed by atoms with E-state index in [1.54, 1.807) is 30.2 Å². The zero-order valence-electron chi connectivity index (χ0n) is 15.0. The molecule has 0 bridgehead atoms. The van der Waals surface area contributed by atoms with E-state index in [0.717, 1.165) is 43.9 Å². The van der Waals surface area contributed by atoms with Crippen molar-refractivity contribution < 1.29 is 4.74 Å². The fourth-order valence-electron chi connectivity index (χ4n) is 2.86. The van der Waals surface area contributed by atoms with Crippen molar-refractivity contribution in [3.63, 3.8) is 0 Å². The zero-order chi connectivity index (χ0) is 18.8. The van der Waals surface area contributed by atoms with Crippen LogP contribution in [0.3, 0.4) is 0 Å². The molecule has 0 fully saturated rings. The third-order valence-electron chi connectivity index (χ3n) is 4.34. The van der Waals surface area contributed by atoms with Gasteiger partial charge in [-0.25, -0.2) is 0 Å². The minimum absolute atomic E-state index is 0.717. The molecule has 0 aliphatic carbocycles. The first kappa shape index (κ1) is 18.3. The number of aryl methyl sites for hydroxylation is 1. The summed E-state index contributed by atoms with van der Waals surface area (Å²) in [5, 5.41) is 11.4. The van der Waals surface area contributed by atoms with Gasteiger partial charge in [-0.2, -0.15) is 0 Å². The Morgan fingerprint density at radius 3 is 2.74 bits per heavy atom. The van der Waals surface area contributed by atoms with Crippen LogP contribution in [-0.4, -0.2) is 27.6 Å². The van der Waals surface area contributed by atoms with Crippen LogP contribution in [0.5, 0.6) is 5.75 Å². The molecule has 0 unspecified atom stereocenters. The summed E-state index contributed by atoms with van der Waals surface area (Å²) in [4.78, 5) is 0.935. The van der Waals surface area contributed by atoms with Crippen molar-refractivity contribution in [3.05, 3.63) is 59.1 Å². The average Bonchev–Trinajstić information content (AvgIpc) is 3.22. The first-order valence-electron chi connectivity index (χ1n) is 8.50. The summed E-state index contributed by atoms with van der Waals surface area (Å²) < 4.78 is 8.41. The minimum Gasteiger partial charge on any atom is -0.497 e. The van der Waals surface area contributed by atoms with Gasteiger partial charge in [0, 0.05) is 22.9 Å². The Morgan fingerprint density at radius 1 is 1.15 bits per heavy atom. The van der Waals surface area contributed by atoms with Crippen molar-refractivity contribution in [2.75, 3.05) is 12.9 Å². The second-order valence-electron chi connectivity index (χ2n) is 6.06. The number of thioether (sulfide) groups is 1. The van der Waals surface area contributed by atoms with Crippen molar-refractivity contribution in [3.8, 4) is 16.5 Å². The first-order chi connectivity index (χ1) is 13.2. The van der Waals surface area contributed by atoms with Crippen LogP contribution in [0.25, 0.3) is 20.8 Å². The molecular formula is C20H18ClN3OS2. The van der Waals surface area contributed by atoms with E-state index in [1.165, 1.54) is 5.56 Å². The van der Waals surface area contributed by atoms with Crippen molar-refractivity contribution in [2.45, 2.75) is 11.6 Å². The molecule has 27 heavy (non-hydrogen) atoms. The molecule has 0 aliphatic rings. The predicted octanol–water partition coefficient (Wildman–Crippen LogP) is 5.69. The van der Waals surface area contributed by atoms with Gasteiger partial charge in [-0.15, -0.1) is 21.5 Å². The Morgan fingerprint density at radius 2 is 1.96 bits per heavy atom. The summed E-state index contributed by atoms with van der Waals surface area (Å²) >= 11 is 9.95. The molecule has 2 aromatic carbocycles. The molecule has 138 valence electrons. The molecule has 0 spiro atoms. The van der Waals surface area contributed by atoms with Gasteiger partial charge >= 0.3 is 0 Å². The Hall–Kier alpha value is -2.02. The van der Waals surface area contributed by atoms with Crippen molar-refractivity contribution in [2.24, 2.45) is 7.05 Å². The van der Waals surface area contributed by atoms with E-state index in [2.05, 4.69) is 34.5 Å². The van der Waals surface area contributed by atoms with Gasteiger partial charge in [-0.1, -0.05) is 53.7 Å². The van der Waals surface area contributed by atoms with Gasteiger partial charge in [0.05, 0.1) is 17.0 Å². The molecule has 0 saturated heterocycles. The molecule has 7 heteroatoms. The first-order valence-corrected chi connectivity index (χ1v) is 10.7. The highest BCUT2D eigenvalue weighted by Gasteiger charge is 2.19. The SMILES string of the molecule is COc1ccc2c(Cl)c(-c3nnc(SCCc4ccccc4)n3C)sc2c1. The maximum absolute atomic E-state index is 6.63. The second-order valence-corrected chi connectivity index (χ2v) is 8.55. The normalized spacial score (nSPS) is 11.2. The summed E-state index contributed by atoms with van der Waals surface area (Å²) in [6, 6.07) is 16.4. The van der Waals surface area contributed by atoms with Gasteiger partial charge in [0.2, 0.25) is 0 Å². The van der Waals surface area contributed by atoms with E-state index < -0.39 is 0 Å². The van der Waals surface area contributed by atoms with E-state index in [1.807, 2.05) is 35.9 Å². The third kappa shape index (κ3) is 3.70. The highest BCUT2D eigenvalue weighted by Crippen LogP contribution is 2.42. The zero-order valence-corrected chi connectivity index (χ0v) is 17.4. The summed E-state index contributed by atoms with van der Waals surface area (Å²) in [6.45, 7) is 0. The van der Waals surface area contributed by atoms with Crippen molar-refractivity contribution >= 4 is 44.8 Å². The van der Waals surface area contributed by atoms with E-state index in [-0.39, 0.29) is 0 Å². The number of thiophene rings is 1. The monoisotopic (exact) mass is 415 g/mol. The van der Waals surface area contributed by atoms with Gasteiger partial charge in [0.25, 0.3) is 0 Å². The molecule has 4 rings (SSSR count). The lowest BCUT2D eigenvalue weighted by molar-refractivity contribution is 0.415. The standard InChI is InChI=1S/C20H18ClN3OS2/c1-24-19(18-17(21)15-9-8-14(25-2)12-16(15)27-18)22-23-20(24)26-11-10-13-6-4-3-5-7-13/h3-9,12H,10-11H2,1-2H3. The number of nitrogens with zero attached hydrogens (tertiary/aromatic N) is 3. The van der Waals surface area contributed by atoms with Gasteiger partial charge in [-0.3, -0.25) is 0 Å². The molecule has 0 saturated carbocycles. The number of fused-ring (bicyclic) bond motifs is 1. The Balaban J connectivity index is 1.56. The molecule has 2 heterocycles. The molecule has 0 aliphatic heterocycles. The van der Waals surface area contributed by atoms with E-state index in [9.17, 15) is 0 Å². The fraction of sp³-hybridized carbons (Fsp3) is 0.200. The number of rotatable bonds is 6. The lowest BCUT2D eigenvalue weighted by Crippen LogP contribution is -1.95. The fourth-order valence-corrected chi connectivity index (χ4v) is 5.32.